The second-order valence-electron chi connectivity index (χ2n) is 6.97. The standard InChI is InChI=1S/C23H24N4O5/c1-29-19-13-17(14-20(15-19)30-2)26-22(28)16-3-5-18(6-4-16)32-23-21(24-7-8-25-23)27-9-11-31-12-10-27/h3-8,13-15H,9-12H2,1-2H3,(H,26,28). The van der Waals surface area contributed by atoms with Gasteiger partial charge in [-0.3, -0.25) is 4.79 Å². The lowest BCUT2D eigenvalue weighted by molar-refractivity contribution is 0.102. The van der Waals surface area contributed by atoms with Crippen LogP contribution in [0.5, 0.6) is 23.1 Å². The van der Waals surface area contributed by atoms with E-state index in [0.717, 1.165) is 13.1 Å². The minimum absolute atomic E-state index is 0.264. The predicted octanol–water partition coefficient (Wildman–Crippen LogP) is 3.38. The molecule has 32 heavy (non-hydrogen) atoms. The molecule has 0 spiro atoms. The number of carbonyl (C=O) groups is 1. The lowest BCUT2D eigenvalue weighted by Gasteiger charge is -2.28. The summed E-state index contributed by atoms with van der Waals surface area (Å²) in [5.74, 6) is 2.55. The minimum atomic E-state index is -0.264. The highest BCUT2D eigenvalue weighted by Gasteiger charge is 2.18. The molecule has 1 saturated heterocycles. The van der Waals surface area contributed by atoms with Crippen molar-refractivity contribution in [2.45, 2.75) is 0 Å². The third kappa shape index (κ3) is 5.06. The summed E-state index contributed by atoms with van der Waals surface area (Å²) in [5.41, 5.74) is 1.05. The molecule has 0 saturated carbocycles. The van der Waals surface area contributed by atoms with E-state index in [0.29, 0.717) is 53.4 Å². The zero-order valence-corrected chi connectivity index (χ0v) is 17.9. The number of hydrogen-bond acceptors (Lipinski definition) is 8. The second kappa shape index (κ2) is 9.97. The summed E-state index contributed by atoms with van der Waals surface area (Å²) in [6, 6.07) is 12.0. The van der Waals surface area contributed by atoms with Crippen molar-refractivity contribution in [3.05, 3.63) is 60.4 Å². The third-order valence-corrected chi connectivity index (χ3v) is 4.90. The highest BCUT2D eigenvalue weighted by atomic mass is 16.5. The van der Waals surface area contributed by atoms with Gasteiger partial charge in [0.1, 0.15) is 17.2 Å². The molecule has 4 rings (SSSR count). The monoisotopic (exact) mass is 436 g/mol. The Bertz CT molecular complexity index is 1050. The minimum Gasteiger partial charge on any atom is -0.497 e. The van der Waals surface area contributed by atoms with Crippen molar-refractivity contribution < 1.29 is 23.7 Å². The van der Waals surface area contributed by atoms with Crippen LogP contribution in [0.15, 0.2) is 54.9 Å². The normalized spacial score (nSPS) is 13.4. The van der Waals surface area contributed by atoms with E-state index in [1.807, 2.05) is 0 Å². The number of aromatic nitrogens is 2. The van der Waals surface area contributed by atoms with Crippen LogP contribution in [0.3, 0.4) is 0 Å². The zero-order valence-electron chi connectivity index (χ0n) is 17.9. The van der Waals surface area contributed by atoms with Crippen molar-refractivity contribution in [1.29, 1.82) is 0 Å². The van der Waals surface area contributed by atoms with Gasteiger partial charge in [0.2, 0.25) is 0 Å². The Morgan fingerprint density at radius 1 is 0.938 bits per heavy atom. The molecule has 166 valence electrons. The fraction of sp³-hybridized carbons (Fsp3) is 0.261. The first-order chi connectivity index (χ1) is 15.7. The maximum atomic E-state index is 12.7. The van der Waals surface area contributed by atoms with Crippen LogP contribution in [0.1, 0.15) is 10.4 Å². The Morgan fingerprint density at radius 3 is 2.25 bits per heavy atom. The molecular formula is C23H24N4O5. The van der Waals surface area contributed by atoms with E-state index >= 15 is 0 Å². The Labute approximate surface area is 185 Å². The molecule has 0 radical (unpaired) electrons. The highest BCUT2D eigenvalue weighted by Crippen LogP contribution is 2.29. The van der Waals surface area contributed by atoms with Gasteiger partial charge in [-0.25, -0.2) is 9.97 Å². The SMILES string of the molecule is COc1cc(NC(=O)c2ccc(Oc3nccnc3N3CCOCC3)cc2)cc(OC)c1. The quantitative estimate of drug-likeness (QED) is 0.602. The van der Waals surface area contributed by atoms with Crippen molar-refractivity contribution in [1.82, 2.24) is 9.97 Å². The molecule has 2 heterocycles. The molecule has 1 aliphatic heterocycles. The molecule has 0 atom stereocenters. The first-order valence-electron chi connectivity index (χ1n) is 10.1. The van der Waals surface area contributed by atoms with Crippen LogP contribution >= 0.6 is 0 Å². The maximum Gasteiger partial charge on any atom is 0.263 e. The van der Waals surface area contributed by atoms with Gasteiger partial charge in [-0.1, -0.05) is 0 Å². The molecule has 0 bridgehead atoms. The van der Waals surface area contributed by atoms with Gasteiger partial charge in [0.15, 0.2) is 5.82 Å². The number of rotatable bonds is 7. The summed E-state index contributed by atoms with van der Waals surface area (Å²) >= 11 is 0. The number of anilines is 2. The zero-order chi connectivity index (χ0) is 22.3. The third-order valence-electron chi connectivity index (χ3n) is 4.90. The van der Waals surface area contributed by atoms with Crippen LogP contribution in [-0.4, -0.2) is 56.4 Å². The number of morpholine rings is 1. The average Bonchev–Trinajstić information content (AvgIpc) is 2.85. The molecule has 1 N–H and O–H groups in total. The molecule has 9 heteroatoms. The molecule has 1 aromatic heterocycles. The molecule has 9 nitrogen and oxygen atoms in total. The Hall–Kier alpha value is -3.85. The van der Waals surface area contributed by atoms with E-state index in [1.165, 1.54) is 0 Å². The van der Waals surface area contributed by atoms with Gasteiger partial charge >= 0.3 is 0 Å². The molecular weight excluding hydrogens is 412 g/mol. The number of ether oxygens (including phenoxy) is 4. The highest BCUT2D eigenvalue weighted by molar-refractivity contribution is 6.04. The summed E-state index contributed by atoms with van der Waals surface area (Å²) in [5, 5.41) is 2.85. The number of methoxy groups -OCH3 is 2. The van der Waals surface area contributed by atoms with Crippen LogP contribution in [0.2, 0.25) is 0 Å². The number of hydrogen-bond donors (Lipinski definition) is 1. The summed E-state index contributed by atoms with van der Waals surface area (Å²) in [6.07, 6.45) is 3.22. The Morgan fingerprint density at radius 2 is 1.59 bits per heavy atom. The largest absolute Gasteiger partial charge is 0.497 e. The molecule has 3 aromatic rings. The first-order valence-corrected chi connectivity index (χ1v) is 10.1. The van der Waals surface area contributed by atoms with Gasteiger partial charge in [-0.15, -0.1) is 0 Å². The Balaban J connectivity index is 1.45. The van der Waals surface area contributed by atoms with Crippen LogP contribution in [0.4, 0.5) is 11.5 Å². The van der Waals surface area contributed by atoms with Gasteiger partial charge in [0, 0.05) is 54.9 Å². The first kappa shape index (κ1) is 21.4. The van der Waals surface area contributed by atoms with Crippen LogP contribution < -0.4 is 24.4 Å². The summed E-state index contributed by atoms with van der Waals surface area (Å²) < 4.78 is 21.8. The second-order valence-corrected chi connectivity index (χ2v) is 6.97. The van der Waals surface area contributed by atoms with Crippen molar-refractivity contribution in [3.63, 3.8) is 0 Å². The van der Waals surface area contributed by atoms with E-state index in [9.17, 15) is 4.79 Å². The maximum absolute atomic E-state index is 12.7. The Kier molecular flexibility index (Phi) is 6.66. The van der Waals surface area contributed by atoms with Gasteiger partial charge in [0.05, 0.1) is 27.4 Å². The van der Waals surface area contributed by atoms with Crippen LogP contribution in [0, 0.1) is 0 Å². The number of nitrogens with one attached hydrogen (secondary N) is 1. The van der Waals surface area contributed by atoms with Crippen molar-refractivity contribution in [2.24, 2.45) is 0 Å². The molecule has 0 aliphatic carbocycles. The predicted molar refractivity (Wildman–Crippen MR) is 119 cm³/mol. The molecule has 1 aliphatic rings. The fourth-order valence-electron chi connectivity index (χ4n) is 3.25. The summed E-state index contributed by atoms with van der Waals surface area (Å²) in [6.45, 7) is 2.73. The fourth-order valence-corrected chi connectivity index (χ4v) is 3.25. The average molecular weight is 436 g/mol. The van der Waals surface area contributed by atoms with E-state index in [2.05, 4.69) is 20.2 Å². The topological polar surface area (TPSA) is 95.0 Å². The number of nitrogens with zero attached hydrogens (tertiary/aromatic N) is 3. The van der Waals surface area contributed by atoms with Crippen LogP contribution in [0.25, 0.3) is 0 Å². The van der Waals surface area contributed by atoms with E-state index in [4.69, 9.17) is 18.9 Å². The smallest absolute Gasteiger partial charge is 0.263 e. The molecule has 0 unspecified atom stereocenters. The molecule has 1 fully saturated rings. The van der Waals surface area contributed by atoms with Crippen molar-refractivity contribution in [3.8, 4) is 23.1 Å². The van der Waals surface area contributed by atoms with Crippen molar-refractivity contribution >= 4 is 17.4 Å². The molecule has 2 aromatic carbocycles. The van der Waals surface area contributed by atoms with Crippen molar-refractivity contribution in [2.75, 3.05) is 50.7 Å². The van der Waals surface area contributed by atoms with Crippen LogP contribution in [-0.2, 0) is 4.74 Å². The summed E-state index contributed by atoms with van der Waals surface area (Å²) in [7, 11) is 3.11. The van der Waals surface area contributed by atoms with Gasteiger partial charge in [-0.2, -0.15) is 0 Å². The lowest BCUT2D eigenvalue weighted by atomic mass is 10.2. The lowest BCUT2D eigenvalue weighted by Crippen LogP contribution is -2.37. The number of carbonyl (C=O) groups excluding carboxylic acids is 1. The van der Waals surface area contributed by atoms with Gasteiger partial charge < -0.3 is 29.2 Å². The molecule has 1 amide bonds. The number of benzene rings is 2. The van der Waals surface area contributed by atoms with E-state index in [-0.39, 0.29) is 5.91 Å². The van der Waals surface area contributed by atoms with Gasteiger partial charge in [-0.05, 0) is 24.3 Å². The van der Waals surface area contributed by atoms with Gasteiger partial charge in [0.25, 0.3) is 11.8 Å². The van der Waals surface area contributed by atoms with E-state index in [1.54, 1.807) is 69.1 Å². The number of amides is 1. The summed E-state index contributed by atoms with van der Waals surface area (Å²) in [4.78, 5) is 23.5. The van der Waals surface area contributed by atoms with E-state index < -0.39 is 0 Å².